The van der Waals surface area contributed by atoms with Gasteiger partial charge in [0.05, 0.1) is 6.54 Å². The molecule has 1 saturated carbocycles. The normalized spacial score (nSPS) is 17.1. The average molecular weight is 194 g/mol. The Hall–Kier alpha value is -0.520. The predicted molar refractivity (Wildman–Crippen MR) is 61.1 cm³/mol. The van der Waals surface area contributed by atoms with Crippen LogP contribution in [0.1, 0.15) is 26.7 Å². The van der Waals surface area contributed by atoms with Gasteiger partial charge in [-0.1, -0.05) is 19.8 Å². The lowest BCUT2D eigenvalue weighted by Crippen LogP contribution is -2.39. The summed E-state index contributed by atoms with van der Waals surface area (Å²) in [5.41, 5.74) is 0.314. The fraction of sp³-hybridized carbons (Fsp3) is 0.833. The summed E-state index contributed by atoms with van der Waals surface area (Å²) in [4.78, 5) is 2.20. The summed E-state index contributed by atoms with van der Waals surface area (Å²) in [5.74, 6) is 2.67. The van der Waals surface area contributed by atoms with Crippen LogP contribution in [0, 0.1) is 17.8 Å². The molecule has 0 aromatic carbocycles. The first-order valence-electron chi connectivity index (χ1n) is 5.39. The van der Waals surface area contributed by atoms with Gasteiger partial charge >= 0.3 is 0 Å². The van der Waals surface area contributed by atoms with Crippen molar-refractivity contribution in [3.05, 3.63) is 0 Å². The van der Waals surface area contributed by atoms with Crippen LogP contribution >= 0.6 is 0 Å². The summed E-state index contributed by atoms with van der Waals surface area (Å²) in [7, 11) is 2.08. The number of rotatable bonds is 6. The Balaban J connectivity index is 2.20. The van der Waals surface area contributed by atoms with Crippen molar-refractivity contribution < 1.29 is 0 Å². The van der Waals surface area contributed by atoms with E-state index in [1.54, 1.807) is 0 Å². The molecule has 14 heavy (non-hydrogen) atoms. The van der Waals surface area contributed by atoms with E-state index in [9.17, 15) is 0 Å². The first kappa shape index (κ1) is 11.6. The maximum atomic E-state index is 5.27. The van der Waals surface area contributed by atoms with Gasteiger partial charge in [0, 0.05) is 19.1 Å². The first-order valence-corrected chi connectivity index (χ1v) is 5.39. The Morgan fingerprint density at radius 3 is 2.64 bits per heavy atom. The van der Waals surface area contributed by atoms with Gasteiger partial charge in [0.25, 0.3) is 0 Å². The number of hydrogen-bond acceptors (Lipinski definition) is 2. The molecule has 0 unspecified atom stereocenters. The molecule has 0 bridgehead atoms. The van der Waals surface area contributed by atoms with Crippen molar-refractivity contribution in [3.8, 4) is 12.3 Å². The fourth-order valence-electron chi connectivity index (χ4n) is 1.71. The lowest BCUT2D eigenvalue weighted by molar-refractivity contribution is 0.219. The van der Waals surface area contributed by atoms with E-state index in [0.29, 0.717) is 5.41 Å². The van der Waals surface area contributed by atoms with Crippen molar-refractivity contribution >= 4 is 0 Å². The maximum Gasteiger partial charge on any atom is 0.0596 e. The van der Waals surface area contributed by atoms with Crippen LogP contribution in [0.15, 0.2) is 0 Å². The summed E-state index contributed by atoms with van der Waals surface area (Å²) in [6.07, 6.45) is 7.99. The molecular weight excluding hydrogens is 172 g/mol. The highest BCUT2D eigenvalue weighted by atomic mass is 15.1. The third-order valence-electron chi connectivity index (χ3n) is 2.51. The minimum Gasteiger partial charge on any atom is -0.313 e. The second-order valence-electron chi connectivity index (χ2n) is 5.20. The molecule has 1 aliphatic carbocycles. The van der Waals surface area contributed by atoms with Crippen LogP contribution in [-0.4, -0.2) is 37.6 Å². The zero-order chi connectivity index (χ0) is 10.6. The molecule has 0 saturated heterocycles. The lowest BCUT2D eigenvalue weighted by Gasteiger charge is -2.29. The van der Waals surface area contributed by atoms with Crippen molar-refractivity contribution in [1.29, 1.82) is 0 Å². The summed E-state index contributed by atoms with van der Waals surface area (Å²) >= 11 is 0. The third-order valence-corrected chi connectivity index (χ3v) is 2.51. The molecular formula is C12H22N2. The minimum absolute atomic E-state index is 0.314. The molecule has 2 nitrogen and oxygen atoms in total. The van der Waals surface area contributed by atoms with Crippen LogP contribution < -0.4 is 5.32 Å². The van der Waals surface area contributed by atoms with Crippen LogP contribution in [0.25, 0.3) is 0 Å². The smallest absolute Gasteiger partial charge is 0.0596 e. The second kappa shape index (κ2) is 4.82. The zero-order valence-corrected chi connectivity index (χ0v) is 9.64. The number of nitrogens with zero attached hydrogens (tertiary/aromatic N) is 1. The van der Waals surface area contributed by atoms with E-state index >= 15 is 0 Å². The molecule has 0 spiro atoms. The highest BCUT2D eigenvalue weighted by Gasteiger charge is 2.25. The van der Waals surface area contributed by atoms with E-state index in [1.807, 2.05) is 0 Å². The van der Waals surface area contributed by atoms with Crippen molar-refractivity contribution in [3.63, 3.8) is 0 Å². The number of hydrogen-bond donors (Lipinski definition) is 1. The van der Waals surface area contributed by atoms with E-state index in [2.05, 4.69) is 37.0 Å². The summed E-state index contributed by atoms with van der Waals surface area (Å²) in [6, 6.07) is 0.798. The predicted octanol–water partition coefficient (Wildman–Crippen LogP) is 1.33. The molecule has 2 heteroatoms. The van der Waals surface area contributed by atoms with Gasteiger partial charge in [0.1, 0.15) is 0 Å². The van der Waals surface area contributed by atoms with Crippen molar-refractivity contribution in [2.75, 3.05) is 26.7 Å². The second-order valence-corrected chi connectivity index (χ2v) is 5.20. The largest absolute Gasteiger partial charge is 0.313 e. The van der Waals surface area contributed by atoms with Crippen LogP contribution in [0.3, 0.4) is 0 Å². The van der Waals surface area contributed by atoms with Gasteiger partial charge in [-0.3, -0.25) is 4.90 Å². The van der Waals surface area contributed by atoms with Crippen LogP contribution in [0.5, 0.6) is 0 Å². The molecule has 0 aliphatic heterocycles. The van der Waals surface area contributed by atoms with Gasteiger partial charge in [0.2, 0.25) is 0 Å². The molecule has 0 amide bonds. The molecule has 1 rings (SSSR count). The Bertz CT molecular complexity index is 211. The Morgan fingerprint density at radius 2 is 2.14 bits per heavy atom. The molecule has 1 aliphatic rings. The SMILES string of the molecule is C#CCN(C)CC(C)(C)CNC1CC1. The van der Waals surface area contributed by atoms with E-state index in [4.69, 9.17) is 6.42 Å². The van der Waals surface area contributed by atoms with Crippen molar-refractivity contribution in [1.82, 2.24) is 10.2 Å². The van der Waals surface area contributed by atoms with Gasteiger partial charge in [-0.15, -0.1) is 6.42 Å². The van der Waals surface area contributed by atoms with Crippen molar-refractivity contribution in [2.45, 2.75) is 32.7 Å². The maximum absolute atomic E-state index is 5.27. The minimum atomic E-state index is 0.314. The summed E-state index contributed by atoms with van der Waals surface area (Å²) in [5, 5.41) is 3.57. The number of terminal acetylenes is 1. The average Bonchev–Trinajstić information content (AvgIpc) is 2.83. The summed E-state index contributed by atoms with van der Waals surface area (Å²) < 4.78 is 0. The van der Waals surface area contributed by atoms with Gasteiger partial charge in [-0.25, -0.2) is 0 Å². The topological polar surface area (TPSA) is 15.3 Å². The van der Waals surface area contributed by atoms with Crippen LogP contribution in [-0.2, 0) is 0 Å². The Labute approximate surface area is 88.1 Å². The molecule has 0 atom stereocenters. The quantitative estimate of drug-likeness (QED) is 0.642. The molecule has 1 N–H and O–H groups in total. The molecule has 80 valence electrons. The highest BCUT2D eigenvalue weighted by molar-refractivity contribution is 4.90. The van der Waals surface area contributed by atoms with E-state index in [1.165, 1.54) is 12.8 Å². The lowest BCUT2D eigenvalue weighted by atomic mass is 9.93. The van der Waals surface area contributed by atoms with Gasteiger partial charge < -0.3 is 5.32 Å². The third kappa shape index (κ3) is 4.64. The van der Waals surface area contributed by atoms with Gasteiger partial charge in [-0.2, -0.15) is 0 Å². The summed E-state index contributed by atoms with van der Waals surface area (Å²) in [6.45, 7) is 7.46. The Morgan fingerprint density at radius 1 is 1.50 bits per heavy atom. The van der Waals surface area contributed by atoms with Crippen LogP contribution in [0.4, 0.5) is 0 Å². The van der Waals surface area contributed by atoms with E-state index < -0.39 is 0 Å². The fourth-order valence-corrected chi connectivity index (χ4v) is 1.71. The number of nitrogens with one attached hydrogen (secondary N) is 1. The highest BCUT2D eigenvalue weighted by Crippen LogP contribution is 2.22. The monoisotopic (exact) mass is 194 g/mol. The molecule has 0 aromatic heterocycles. The zero-order valence-electron chi connectivity index (χ0n) is 9.64. The first-order chi connectivity index (χ1) is 6.53. The van der Waals surface area contributed by atoms with Crippen LogP contribution in [0.2, 0.25) is 0 Å². The molecule has 0 heterocycles. The van der Waals surface area contributed by atoms with Crippen molar-refractivity contribution in [2.24, 2.45) is 5.41 Å². The Kier molecular flexibility index (Phi) is 3.97. The molecule has 0 radical (unpaired) electrons. The standard InChI is InChI=1S/C12H22N2/c1-5-8-14(4)10-12(2,3)9-13-11-6-7-11/h1,11,13H,6-10H2,2-4H3. The molecule has 0 aromatic rings. The van der Waals surface area contributed by atoms with Gasteiger partial charge in [-0.05, 0) is 25.3 Å². The van der Waals surface area contributed by atoms with E-state index in [0.717, 1.165) is 25.7 Å². The molecule has 1 fully saturated rings. The van der Waals surface area contributed by atoms with E-state index in [-0.39, 0.29) is 0 Å². The van der Waals surface area contributed by atoms with Gasteiger partial charge in [0.15, 0.2) is 0 Å².